The van der Waals surface area contributed by atoms with Crippen molar-refractivity contribution >= 4 is 23.1 Å². The standard InChI is InChI=1S/C13H12ClN3O2/c14-11-3-1-10(2-4-11)7-8-15-13-6-5-12(9-16-13)17(18)19/h1-6,9H,7-8H2,(H,15,16). The normalized spacial score (nSPS) is 10.2. The Balaban J connectivity index is 1.85. The van der Waals surface area contributed by atoms with Gasteiger partial charge in [-0.2, -0.15) is 0 Å². The number of hydrogen-bond donors (Lipinski definition) is 1. The molecule has 98 valence electrons. The summed E-state index contributed by atoms with van der Waals surface area (Å²) in [5.74, 6) is 0.625. The molecular formula is C13H12ClN3O2. The SMILES string of the molecule is O=[N+]([O-])c1ccc(NCCc2ccc(Cl)cc2)nc1. The van der Waals surface area contributed by atoms with Gasteiger partial charge in [0.25, 0.3) is 5.69 Å². The second-order valence-electron chi connectivity index (χ2n) is 3.96. The molecule has 0 amide bonds. The molecule has 1 N–H and O–H groups in total. The summed E-state index contributed by atoms with van der Waals surface area (Å²) < 4.78 is 0. The monoisotopic (exact) mass is 277 g/mol. The molecule has 0 aliphatic carbocycles. The average molecular weight is 278 g/mol. The van der Waals surface area contributed by atoms with Crippen LogP contribution in [-0.2, 0) is 6.42 Å². The maximum absolute atomic E-state index is 10.5. The van der Waals surface area contributed by atoms with E-state index in [1.165, 1.54) is 17.8 Å². The molecule has 1 heterocycles. The summed E-state index contributed by atoms with van der Waals surface area (Å²) in [4.78, 5) is 14.0. The van der Waals surface area contributed by atoms with E-state index in [1.54, 1.807) is 6.07 Å². The van der Waals surface area contributed by atoms with Gasteiger partial charge in [-0.1, -0.05) is 23.7 Å². The molecule has 2 rings (SSSR count). The number of hydrogen-bond acceptors (Lipinski definition) is 4. The minimum atomic E-state index is -0.468. The molecule has 0 aliphatic heterocycles. The van der Waals surface area contributed by atoms with Crippen molar-refractivity contribution in [3.05, 3.63) is 63.3 Å². The van der Waals surface area contributed by atoms with E-state index in [0.29, 0.717) is 17.4 Å². The highest BCUT2D eigenvalue weighted by atomic mass is 35.5. The van der Waals surface area contributed by atoms with Crippen LogP contribution in [0.15, 0.2) is 42.6 Å². The van der Waals surface area contributed by atoms with E-state index in [-0.39, 0.29) is 5.69 Å². The Kier molecular flexibility index (Phi) is 4.30. The molecule has 2 aromatic rings. The van der Waals surface area contributed by atoms with Crippen molar-refractivity contribution in [2.75, 3.05) is 11.9 Å². The van der Waals surface area contributed by atoms with Gasteiger partial charge in [-0.05, 0) is 30.2 Å². The molecule has 0 saturated carbocycles. The van der Waals surface area contributed by atoms with Crippen molar-refractivity contribution in [2.24, 2.45) is 0 Å². The maximum atomic E-state index is 10.5. The van der Waals surface area contributed by atoms with Crippen LogP contribution < -0.4 is 5.32 Å². The van der Waals surface area contributed by atoms with Crippen molar-refractivity contribution in [2.45, 2.75) is 6.42 Å². The van der Waals surface area contributed by atoms with E-state index in [4.69, 9.17) is 11.6 Å². The molecule has 0 spiro atoms. The molecule has 0 atom stereocenters. The van der Waals surface area contributed by atoms with Gasteiger partial charge in [-0.25, -0.2) is 4.98 Å². The van der Waals surface area contributed by atoms with Gasteiger partial charge in [0.05, 0.1) is 4.92 Å². The fourth-order valence-corrected chi connectivity index (χ4v) is 1.71. The summed E-state index contributed by atoms with van der Waals surface area (Å²) in [6.45, 7) is 0.701. The molecule has 0 saturated heterocycles. The van der Waals surface area contributed by atoms with Crippen LogP contribution in [0.4, 0.5) is 11.5 Å². The molecule has 0 fully saturated rings. The zero-order chi connectivity index (χ0) is 13.7. The first kappa shape index (κ1) is 13.3. The third-order valence-electron chi connectivity index (χ3n) is 2.59. The van der Waals surface area contributed by atoms with Gasteiger partial charge in [-0.3, -0.25) is 10.1 Å². The van der Waals surface area contributed by atoms with Crippen LogP contribution in [0.3, 0.4) is 0 Å². The quantitative estimate of drug-likeness (QED) is 0.672. The van der Waals surface area contributed by atoms with Crippen molar-refractivity contribution in [3.63, 3.8) is 0 Å². The number of rotatable bonds is 5. The summed E-state index contributed by atoms with van der Waals surface area (Å²) in [5, 5.41) is 14.3. The minimum Gasteiger partial charge on any atom is -0.370 e. The highest BCUT2D eigenvalue weighted by Crippen LogP contribution is 2.12. The van der Waals surface area contributed by atoms with Gasteiger partial charge >= 0.3 is 0 Å². The number of anilines is 1. The lowest BCUT2D eigenvalue weighted by molar-refractivity contribution is -0.385. The highest BCUT2D eigenvalue weighted by molar-refractivity contribution is 6.30. The third-order valence-corrected chi connectivity index (χ3v) is 2.84. The average Bonchev–Trinajstić information content (AvgIpc) is 2.41. The van der Waals surface area contributed by atoms with E-state index in [1.807, 2.05) is 24.3 Å². The number of pyridine rings is 1. The Hall–Kier alpha value is -2.14. The molecule has 0 unspecified atom stereocenters. The number of nitrogens with one attached hydrogen (secondary N) is 1. The van der Waals surface area contributed by atoms with Crippen LogP contribution in [0.25, 0.3) is 0 Å². The van der Waals surface area contributed by atoms with Gasteiger partial charge in [-0.15, -0.1) is 0 Å². The van der Waals surface area contributed by atoms with Gasteiger partial charge < -0.3 is 5.32 Å². The first-order chi connectivity index (χ1) is 9.15. The van der Waals surface area contributed by atoms with Crippen molar-refractivity contribution in [1.82, 2.24) is 4.98 Å². The second kappa shape index (κ2) is 6.15. The summed E-state index contributed by atoms with van der Waals surface area (Å²) >= 11 is 5.80. The molecule has 0 radical (unpaired) electrons. The Morgan fingerprint density at radius 3 is 2.53 bits per heavy atom. The van der Waals surface area contributed by atoms with Gasteiger partial charge in [0.1, 0.15) is 12.0 Å². The summed E-state index contributed by atoms with van der Waals surface area (Å²) in [7, 11) is 0. The summed E-state index contributed by atoms with van der Waals surface area (Å²) in [5.41, 5.74) is 1.15. The lowest BCUT2D eigenvalue weighted by Crippen LogP contribution is -2.06. The lowest BCUT2D eigenvalue weighted by Gasteiger charge is -2.05. The highest BCUT2D eigenvalue weighted by Gasteiger charge is 2.04. The van der Waals surface area contributed by atoms with Crippen molar-refractivity contribution in [3.8, 4) is 0 Å². The molecular weight excluding hydrogens is 266 g/mol. The third kappa shape index (κ3) is 3.93. The Morgan fingerprint density at radius 1 is 1.21 bits per heavy atom. The van der Waals surface area contributed by atoms with E-state index < -0.39 is 4.92 Å². The minimum absolute atomic E-state index is 0.0109. The van der Waals surface area contributed by atoms with E-state index >= 15 is 0 Å². The predicted octanol–water partition coefficient (Wildman–Crippen LogP) is 3.30. The largest absolute Gasteiger partial charge is 0.370 e. The number of aromatic nitrogens is 1. The molecule has 0 aliphatic rings. The molecule has 19 heavy (non-hydrogen) atoms. The van der Waals surface area contributed by atoms with E-state index in [9.17, 15) is 10.1 Å². The topological polar surface area (TPSA) is 68.1 Å². The van der Waals surface area contributed by atoms with E-state index in [0.717, 1.165) is 6.42 Å². The van der Waals surface area contributed by atoms with Crippen LogP contribution in [-0.4, -0.2) is 16.5 Å². The Labute approximate surface area is 115 Å². The number of halogens is 1. The smallest absolute Gasteiger partial charge is 0.287 e. The van der Waals surface area contributed by atoms with Crippen molar-refractivity contribution < 1.29 is 4.92 Å². The van der Waals surface area contributed by atoms with E-state index in [2.05, 4.69) is 10.3 Å². The Bertz CT molecular complexity index is 555. The fraction of sp³-hybridized carbons (Fsp3) is 0.154. The molecule has 5 nitrogen and oxygen atoms in total. The summed E-state index contributed by atoms with van der Waals surface area (Å²) in [6, 6.07) is 10.7. The Morgan fingerprint density at radius 2 is 1.95 bits per heavy atom. The molecule has 1 aromatic heterocycles. The number of nitro groups is 1. The van der Waals surface area contributed by atoms with Crippen LogP contribution >= 0.6 is 11.6 Å². The number of nitrogens with zero attached hydrogens (tertiary/aromatic N) is 2. The zero-order valence-corrected chi connectivity index (χ0v) is 10.8. The van der Waals surface area contributed by atoms with Gasteiger partial charge in [0, 0.05) is 17.6 Å². The van der Waals surface area contributed by atoms with Crippen molar-refractivity contribution in [1.29, 1.82) is 0 Å². The first-order valence-corrected chi connectivity index (χ1v) is 6.12. The van der Waals surface area contributed by atoms with Gasteiger partial charge in [0.2, 0.25) is 0 Å². The number of benzene rings is 1. The molecule has 1 aromatic carbocycles. The molecule has 0 bridgehead atoms. The van der Waals surface area contributed by atoms with Crippen LogP contribution in [0.5, 0.6) is 0 Å². The lowest BCUT2D eigenvalue weighted by atomic mass is 10.1. The summed E-state index contributed by atoms with van der Waals surface area (Å²) in [6.07, 6.45) is 2.07. The first-order valence-electron chi connectivity index (χ1n) is 5.74. The van der Waals surface area contributed by atoms with Gasteiger partial charge in [0.15, 0.2) is 0 Å². The maximum Gasteiger partial charge on any atom is 0.287 e. The van der Waals surface area contributed by atoms with Crippen LogP contribution in [0.2, 0.25) is 5.02 Å². The zero-order valence-electron chi connectivity index (χ0n) is 10.0. The van der Waals surface area contributed by atoms with Crippen LogP contribution in [0.1, 0.15) is 5.56 Å². The predicted molar refractivity (Wildman–Crippen MR) is 74.5 cm³/mol. The molecule has 6 heteroatoms. The fourth-order valence-electron chi connectivity index (χ4n) is 1.58. The van der Waals surface area contributed by atoms with Crippen LogP contribution in [0, 0.1) is 10.1 Å². The second-order valence-corrected chi connectivity index (χ2v) is 4.40.